The van der Waals surface area contributed by atoms with E-state index in [0.717, 1.165) is 5.56 Å². The van der Waals surface area contributed by atoms with Crippen molar-refractivity contribution >= 4 is 44.8 Å². The van der Waals surface area contributed by atoms with Crippen molar-refractivity contribution in [2.24, 2.45) is 0 Å². The molecule has 0 saturated carbocycles. The van der Waals surface area contributed by atoms with Crippen LogP contribution in [0.5, 0.6) is 5.75 Å². The third-order valence-electron chi connectivity index (χ3n) is 4.51. The smallest absolute Gasteiger partial charge is 0.255 e. The summed E-state index contributed by atoms with van der Waals surface area (Å²) in [5.74, 6) is -0.107. The van der Waals surface area contributed by atoms with E-state index in [-0.39, 0.29) is 28.6 Å². The van der Waals surface area contributed by atoms with Crippen molar-refractivity contribution in [1.82, 2.24) is 4.31 Å². The van der Waals surface area contributed by atoms with Gasteiger partial charge in [0.15, 0.2) is 0 Å². The van der Waals surface area contributed by atoms with Crippen LogP contribution in [0.25, 0.3) is 0 Å². The van der Waals surface area contributed by atoms with Crippen LogP contribution in [0, 0.1) is 6.92 Å². The van der Waals surface area contributed by atoms with Crippen molar-refractivity contribution in [2.75, 3.05) is 38.7 Å². The molecular formula is C19H20Cl2N2O5S. The number of morpholine rings is 1. The average molecular weight is 459 g/mol. The summed E-state index contributed by atoms with van der Waals surface area (Å²) in [4.78, 5) is 12.7. The van der Waals surface area contributed by atoms with Gasteiger partial charge in [-0.15, -0.1) is 0 Å². The fourth-order valence-electron chi connectivity index (χ4n) is 2.89. The van der Waals surface area contributed by atoms with Crippen LogP contribution in [0.2, 0.25) is 10.0 Å². The highest BCUT2D eigenvalue weighted by molar-refractivity contribution is 7.89. The summed E-state index contributed by atoms with van der Waals surface area (Å²) in [6.07, 6.45) is 0. The number of amides is 1. The van der Waals surface area contributed by atoms with Gasteiger partial charge in [-0.2, -0.15) is 4.31 Å². The predicted molar refractivity (Wildman–Crippen MR) is 112 cm³/mol. The largest absolute Gasteiger partial charge is 0.495 e. The third-order valence-corrected chi connectivity index (χ3v) is 7.30. The molecule has 0 bridgehead atoms. The lowest BCUT2D eigenvalue weighted by Gasteiger charge is -2.26. The number of carbonyl (C=O) groups excluding carboxylic acids is 1. The zero-order valence-corrected chi connectivity index (χ0v) is 18.2. The zero-order valence-electron chi connectivity index (χ0n) is 15.9. The minimum Gasteiger partial charge on any atom is -0.495 e. The van der Waals surface area contributed by atoms with Gasteiger partial charge in [0.2, 0.25) is 10.0 Å². The van der Waals surface area contributed by atoms with Crippen LogP contribution < -0.4 is 10.1 Å². The van der Waals surface area contributed by atoms with E-state index in [1.807, 2.05) is 0 Å². The minimum absolute atomic E-state index is 0.0490. The highest BCUT2D eigenvalue weighted by Crippen LogP contribution is 2.32. The number of halogens is 2. The second-order valence-electron chi connectivity index (χ2n) is 6.42. The Morgan fingerprint density at radius 3 is 2.48 bits per heavy atom. The molecule has 10 heteroatoms. The molecule has 1 saturated heterocycles. The monoisotopic (exact) mass is 458 g/mol. The Morgan fingerprint density at radius 1 is 1.14 bits per heavy atom. The fourth-order valence-corrected chi connectivity index (χ4v) is 4.95. The molecule has 0 atom stereocenters. The summed E-state index contributed by atoms with van der Waals surface area (Å²) in [7, 11) is -2.38. The second kappa shape index (κ2) is 8.89. The van der Waals surface area contributed by atoms with Gasteiger partial charge in [0.25, 0.3) is 5.91 Å². The van der Waals surface area contributed by atoms with Crippen LogP contribution in [0.3, 0.4) is 0 Å². The topological polar surface area (TPSA) is 84.9 Å². The van der Waals surface area contributed by atoms with Gasteiger partial charge in [0, 0.05) is 29.7 Å². The number of benzene rings is 2. The maximum Gasteiger partial charge on any atom is 0.255 e. The first-order valence-corrected chi connectivity index (χ1v) is 11.0. The number of hydrogen-bond donors (Lipinski definition) is 1. The molecule has 1 heterocycles. The summed E-state index contributed by atoms with van der Waals surface area (Å²) < 4.78 is 37.6. The van der Waals surface area contributed by atoms with Crippen LogP contribution in [0.15, 0.2) is 35.2 Å². The van der Waals surface area contributed by atoms with Crippen molar-refractivity contribution in [3.63, 3.8) is 0 Å². The molecular weight excluding hydrogens is 439 g/mol. The Hall–Kier alpha value is -1.84. The van der Waals surface area contributed by atoms with E-state index >= 15 is 0 Å². The Morgan fingerprint density at radius 2 is 1.83 bits per heavy atom. The maximum atomic E-state index is 12.9. The standard InChI is InChI=1S/C19H20Cl2N2O5S/c1-12-9-16(17(27-2)11-15(12)21)22-19(24)13-3-4-14(20)18(10-13)29(25,26)23-5-7-28-8-6-23/h3-4,9-11H,5-8H2,1-2H3,(H,22,24). The number of rotatable bonds is 5. The van der Waals surface area contributed by atoms with E-state index in [9.17, 15) is 13.2 Å². The number of carbonyl (C=O) groups is 1. The molecule has 2 aromatic rings. The Bertz CT molecular complexity index is 1040. The lowest BCUT2D eigenvalue weighted by atomic mass is 10.1. The molecule has 3 rings (SSSR count). The van der Waals surface area contributed by atoms with Crippen molar-refractivity contribution in [3.05, 3.63) is 51.5 Å². The molecule has 1 aliphatic rings. The molecule has 1 aliphatic heterocycles. The zero-order chi connectivity index (χ0) is 21.2. The van der Waals surface area contributed by atoms with E-state index in [2.05, 4.69) is 5.32 Å². The minimum atomic E-state index is -3.85. The van der Waals surface area contributed by atoms with Crippen LogP contribution >= 0.6 is 23.2 Å². The molecule has 0 aliphatic carbocycles. The van der Waals surface area contributed by atoms with E-state index < -0.39 is 15.9 Å². The number of hydrogen-bond acceptors (Lipinski definition) is 5. The Kier molecular flexibility index (Phi) is 6.70. The normalized spacial score (nSPS) is 15.2. The number of methoxy groups -OCH3 is 1. The highest BCUT2D eigenvalue weighted by Gasteiger charge is 2.29. The summed E-state index contributed by atoms with van der Waals surface area (Å²) in [6, 6.07) is 7.42. The summed E-state index contributed by atoms with van der Waals surface area (Å²) in [5, 5.41) is 3.28. The number of sulfonamides is 1. The van der Waals surface area contributed by atoms with Crippen molar-refractivity contribution in [2.45, 2.75) is 11.8 Å². The van der Waals surface area contributed by atoms with Crippen LogP contribution in [-0.4, -0.2) is 52.0 Å². The van der Waals surface area contributed by atoms with Gasteiger partial charge in [0.05, 0.1) is 31.0 Å². The van der Waals surface area contributed by atoms with E-state index in [1.54, 1.807) is 19.1 Å². The van der Waals surface area contributed by atoms with E-state index in [0.29, 0.717) is 29.7 Å². The predicted octanol–water partition coefficient (Wildman–Crippen LogP) is 3.58. The third kappa shape index (κ3) is 4.67. The number of aryl methyl sites for hydroxylation is 1. The molecule has 0 radical (unpaired) electrons. The number of nitrogens with one attached hydrogen (secondary N) is 1. The number of anilines is 1. The second-order valence-corrected chi connectivity index (χ2v) is 9.14. The summed E-state index contributed by atoms with van der Waals surface area (Å²) in [6.45, 7) is 2.89. The molecule has 1 N–H and O–H groups in total. The maximum absolute atomic E-state index is 12.9. The number of nitrogens with zero attached hydrogens (tertiary/aromatic N) is 1. The Labute approximate surface area is 179 Å². The van der Waals surface area contributed by atoms with Crippen molar-refractivity contribution in [1.29, 1.82) is 0 Å². The molecule has 29 heavy (non-hydrogen) atoms. The van der Waals surface area contributed by atoms with Gasteiger partial charge in [0.1, 0.15) is 10.6 Å². The van der Waals surface area contributed by atoms with Crippen molar-refractivity contribution in [3.8, 4) is 5.75 Å². The quantitative estimate of drug-likeness (QED) is 0.739. The van der Waals surface area contributed by atoms with Crippen LogP contribution in [0.4, 0.5) is 5.69 Å². The van der Waals surface area contributed by atoms with Gasteiger partial charge in [-0.3, -0.25) is 4.79 Å². The SMILES string of the molecule is COc1cc(Cl)c(C)cc1NC(=O)c1ccc(Cl)c(S(=O)(=O)N2CCOCC2)c1. The first-order valence-electron chi connectivity index (χ1n) is 8.77. The van der Waals surface area contributed by atoms with E-state index in [4.69, 9.17) is 32.7 Å². The van der Waals surface area contributed by atoms with E-state index in [1.165, 1.54) is 29.6 Å². The lowest BCUT2D eigenvalue weighted by Crippen LogP contribution is -2.40. The van der Waals surface area contributed by atoms with Gasteiger partial charge < -0.3 is 14.8 Å². The molecule has 1 amide bonds. The first-order chi connectivity index (χ1) is 13.7. The van der Waals surface area contributed by atoms with Gasteiger partial charge in [-0.05, 0) is 36.8 Å². The molecule has 0 aromatic heterocycles. The van der Waals surface area contributed by atoms with Gasteiger partial charge in [-0.25, -0.2) is 8.42 Å². The van der Waals surface area contributed by atoms with Crippen LogP contribution in [0.1, 0.15) is 15.9 Å². The average Bonchev–Trinajstić information content (AvgIpc) is 2.71. The van der Waals surface area contributed by atoms with Gasteiger partial charge in [-0.1, -0.05) is 23.2 Å². The lowest BCUT2D eigenvalue weighted by molar-refractivity contribution is 0.0730. The first kappa shape index (κ1) is 21.9. The molecule has 7 nitrogen and oxygen atoms in total. The fraction of sp³-hybridized carbons (Fsp3) is 0.316. The summed E-state index contributed by atoms with van der Waals surface area (Å²) in [5.41, 5.74) is 1.33. The Balaban J connectivity index is 1.92. The van der Waals surface area contributed by atoms with Gasteiger partial charge >= 0.3 is 0 Å². The molecule has 156 valence electrons. The molecule has 2 aromatic carbocycles. The van der Waals surface area contributed by atoms with Crippen LogP contribution in [-0.2, 0) is 14.8 Å². The highest BCUT2D eigenvalue weighted by atomic mass is 35.5. The number of ether oxygens (including phenoxy) is 2. The molecule has 1 fully saturated rings. The molecule has 0 spiro atoms. The summed E-state index contributed by atoms with van der Waals surface area (Å²) >= 11 is 12.2. The van der Waals surface area contributed by atoms with Crippen molar-refractivity contribution < 1.29 is 22.7 Å². The molecule has 0 unspecified atom stereocenters.